The van der Waals surface area contributed by atoms with E-state index in [0.29, 0.717) is 0 Å². The van der Waals surface area contributed by atoms with Crippen molar-refractivity contribution in [3.05, 3.63) is 163 Å². The van der Waals surface area contributed by atoms with Gasteiger partial charge in [-0.2, -0.15) is 0 Å². The minimum Gasteiger partial charge on any atom is -0.501 e. The average Bonchev–Trinajstić information content (AvgIpc) is 3.51. The zero-order valence-electron chi connectivity index (χ0n) is 28.9. The van der Waals surface area contributed by atoms with Crippen LogP contribution in [0.15, 0.2) is 144 Å². The summed E-state index contributed by atoms with van der Waals surface area (Å²) in [7, 11) is -1.27. The SMILES string of the molecule is Cc1cc(-c2[c-]ccc3c2oc2cc(-c4ccccc4)ccc23)ncc1-c1ccccc1.Cc1cc(-c2[c-]cccc2)ncc1[Si](C)(C)C.[Ir]. The molecule has 0 unspecified atom stereocenters. The fourth-order valence-corrected chi connectivity index (χ4v) is 8.10. The topological polar surface area (TPSA) is 38.9 Å². The van der Waals surface area contributed by atoms with E-state index in [9.17, 15) is 0 Å². The molecule has 0 saturated carbocycles. The van der Waals surface area contributed by atoms with Crippen molar-refractivity contribution in [2.24, 2.45) is 0 Å². The van der Waals surface area contributed by atoms with Gasteiger partial charge in [-0.25, -0.2) is 0 Å². The van der Waals surface area contributed by atoms with E-state index in [1.54, 1.807) is 0 Å². The van der Waals surface area contributed by atoms with Gasteiger partial charge in [-0.3, -0.25) is 0 Å². The van der Waals surface area contributed by atoms with Crippen LogP contribution in [0.25, 0.3) is 66.7 Å². The third kappa shape index (κ3) is 7.32. The maximum atomic E-state index is 6.38. The second-order valence-corrected chi connectivity index (χ2v) is 18.5. The molecule has 249 valence electrons. The molecule has 0 aliphatic heterocycles. The third-order valence-electron chi connectivity index (χ3n) is 8.90. The number of furan rings is 1. The molecule has 0 saturated heterocycles. The first-order valence-electron chi connectivity index (χ1n) is 16.7. The molecule has 0 atom stereocenters. The molecule has 3 aromatic heterocycles. The molecule has 0 fully saturated rings. The fourth-order valence-electron chi connectivity index (χ4n) is 6.40. The normalized spacial score (nSPS) is 11.1. The summed E-state index contributed by atoms with van der Waals surface area (Å²) < 4.78 is 6.38. The zero-order valence-corrected chi connectivity index (χ0v) is 32.3. The van der Waals surface area contributed by atoms with Gasteiger partial charge in [0.15, 0.2) is 0 Å². The molecule has 3 nitrogen and oxygen atoms in total. The Labute approximate surface area is 309 Å². The number of aryl methyl sites for hydroxylation is 2. The summed E-state index contributed by atoms with van der Waals surface area (Å²) in [6.07, 6.45) is 4.00. The van der Waals surface area contributed by atoms with Crippen LogP contribution in [-0.2, 0) is 20.1 Å². The quantitative estimate of drug-likeness (QED) is 0.128. The summed E-state index contributed by atoms with van der Waals surface area (Å²) >= 11 is 0. The predicted molar refractivity (Wildman–Crippen MR) is 208 cm³/mol. The van der Waals surface area contributed by atoms with E-state index in [1.807, 2.05) is 42.6 Å². The van der Waals surface area contributed by atoms with E-state index in [2.05, 4.69) is 148 Å². The van der Waals surface area contributed by atoms with Gasteiger partial charge in [0, 0.05) is 43.4 Å². The van der Waals surface area contributed by atoms with E-state index < -0.39 is 8.07 Å². The first-order chi connectivity index (χ1) is 23.8. The largest absolute Gasteiger partial charge is 0.501 e. The van der Waals surface area contributed by atoms with Crippen molar-refractivity contribution >= 4 is 35.2 Å². The summed E-state index contributed by atoms with van der Waals surface area (Å²) in [5.41, 5.74) is 12.7. The number of hydrogen-bond donors (Lipinski definition) is 0. The Morgan fingerprint density at radius 2 is 1.26 bits per heavy atom. The Bertz CT molecular complexity index is 2380. The van der Waals surface area contributed by atoms with Crippen molar-refractivity contribution in [1.29, 1.82) is 0 Å². The molecule has 8 aromatic rings. The van der Waals surface area contributed by atoms with Crippen LogP contribution >= 0.6 is 0 Å². The molecule has 1 radical (unpaired) electrons. The van der Waals surface area contributed by atoms with Gasteiger partial charge >= 0.3 is 0 Å². The van der Waals surface area contributed by atoms with Crippen molar-refractivity contribution in [2.45, 2.75) is 33.5 Å². The van der Waals surface area contributed by atoms with Crippen molar-refractivity contribution in [1.82, 2.24) is 9.97 Å². The van der Waals surface area contributed by atoms with Gasteiger partial charge < -0.3 is 14.4 Å². The number of nitrogens with zero attached hydrogens (tertiary/aromatic N) is 2. The molecule has 0 bridgehead atoms. The number of pyridine rings is 2. The first-order valence-corrected chi connectivity index (χ1v) is 20.2. The maximum absolute atomic E-state index is 6.38. The smallest absolute Gasteiger partial charge is 0.121 e. The van der Waals surface area contributed by atoms with Gasteiger partial charge in [-0.15, -0.1) is 54.1 Å². The van der Waals surface area contributed by atoms with Crippen LogP contribution in [0.2, 0.25) is 19.6 Å². The van der Waals surface area contributed by atoms with E-state index in [1.165, 1.54) is 27.4 Å². The molecule has 3 heterocycles. The molecule has 0 aliphatic carbocycles. The summed E-state index contributed by atoms with van der Waals surface area (Å²) in [5, 5.41) is 3.63. The first kappa shape index (κ1) is 34.9. The van der Waals surface area contributed by atoms with Gasteiger partial charge in [0.05, 0.1) is 13.7 Å². The minimum absolute atomic E-state index is 0. The summed E-state index contributed by atoms with van der Waals surface area (Å²) in [5.74, 6) is 0. The molecule has 5 heteroatoms. The van der Waals surface area contributed by atoms with Crippen LogP contribution in [0.4, 0.5) is 0 Å². The molecule has 0 spiro atoms. The van der Waals surface area contributed by atoms with E-state index in [4.69, 9.17) is 9.40 Å². The number of fused-ring (bicyclic) bond motifs is 3. The second kappa shape index (κ2) is 14.9. The van der Waals surface area contributed by atoms with Crippen LogP contribution < -0.4 is 5.19 Å². The molecule has 0 N–H and O–H groups in total. The number of aromatic nitrogens is 2. The van der Waals surface area contributed by atoms with Gasteiger partial charge in [-0.1, -0.05) is 121 Å². The van der Waals surface area contributed by atoms with E-state index >= 15 is 0 Å². The van der Waals surface area contributed by atoms with Crippen molar-refractivity contribution in [2.75, 3.05) is 0 Å². The van der Waals surface area contributed by atoms with Gasteiger partial charge in [-0.05, 0) is 58.7 Å². The van der Waals surface area contributed by atoms with E-state index in [0.717, 1.165) is 55.6 Å². The Kier molecular flexibility index (Phi) is 10.4. The van der Waals surface area contributed by atoms with Crippen molar-refractivity contribution < 1.29 is 24.5 Å². The maximum Gasteiger partial charge on any atom is 0.121 e. The van der Waals surface area contributed by atoms with Crippen molar-refractivity contribution in [3.63, 3.8) is 0 Å². The van der Waals surface area contributed by atoms with Crippen molar-refractivity contribution in [3.8, 4) is 44.8 Å². The van der Waals surface area contributed by atoms with Crippen LogP contribution in [0.1, 0.15) is 11.1 Å². The average molecular weight is 843 g/mol. The second-order valence-electron chi connectivity index (χ2n) is 13.4. The molecular weight excluding hydrogens is 805 g/mol. The Hall–Kier alpha value is -4.93. The monoisotopic (exact) mass is 843 g/mol. The third-order valence-corrected chi connectivity index (χ3v) is 11.0. The number of rotatable bonds is 5. The molecule has 0 aliphatic rings. The summed E-state index contributed by atoms with van der Waals surface area (Å²) in [6, 6.07) is 50.0. The van der Waals surface area contributed by atoms with Crippen LogP contribution in [0.3, 0.4) is 0 Å². The molecule has 0 amide bonds. The van der Waals surface area contributed by atoms with Crippen LogP contribution in [0, 0.1) is 26.0 Å². The Morgan fingerprint density at radius 3 is 1.92 bits per heavy atom. The number of hydrogen-bond acceptors (Lipinski definition) is 3. The van der Waals surface area contributed by atoms with Gasteiger partial charge in [0.1, 0.15) is 5.58 Å². The van der Waals surface area contributed by atoms with Gasteiger partial charge in [0.2, 0.25) is 0 Å². The number of benzene rings is 5. The molecular formula is C45H38IrN2OSi-2. The molecule has 5 aromatic carbocycles. The standard InChI is InChI=1S/C30H20NO.C15H18NSi.Ir/c1-20-17-28(31-19-27(20)22-11-6-3-7-12-22)26-14-8-13-25-24-16-15-23(18-29(24)32-30(25)26)21-9-4-2-5-10-21;1-12-10-14(13-8-6-5-7-9-13)16-11-15(12)17(2,3)4;/h2-13,15-19H,1H3;5-8,10-11H,1-4H3;/q2*-1;. The predicted octanol–water partition coefficient (Wildman–Crippen LogP) is 11.5. The summed E-state index contributed by atoms with van der Waals surface area (Å²) in [4.78, 5) is 9.36. The minimum atomic E-state index is -1.27. The molecule has 50 heavy (non-hydrogen) atoms. The molecule has 8 rings (SSSR count). The van der Waals surface area contributed by atoms with Crippen LogP contribution in [-0.4, -0.2) is 18.0 Å². The van der Waals surface area contributed by atoms with Gasteiger partial charge in [0.25, 0.3) is 0 Å². The zero-order chi connectivity index (χ0) is 34.0. The van der Waals surface area contributed by atoms with Crippen LogP contribution in [0.5, 0.6) is 0 Å². The van der Waals surface area contributed by atoms with E-state index in [-0.39, 0.29) is 20.1 Å². The Balaban J connectivity index is 0.000000204. The fraction of sp³-hybridized carbons (Fsp3) is 0.111. The Morgan fingerprint density at radius 1 is 0.580 bits per heavy atom. The summed E-state index contributed by atoms with van der Waals surface area (Å²) in [6.45, 7) is 11.4.